The average molecular weight is 483 g/mol. The van der Waals surface area contributed by atoms with E-state index in [2.05, 4.69) is 98.5 Å². The van der Waals surface area contributed by atoms with Crippen molar-refractivity contribution in [2.75, 3.05) is 6.54 Å². The van der Waals surface area contributed by atoms with Gasteiger partial charge in [0.1, 0.15) is 0 Å². The Bertz CT molecular complexity index is 835. The second-order valence-corrected chi connectivity index (χ2v) is 12.2. The molecule has 1 aliphatic heterocycles. The van der Waals surface area contributed by atoms with Gasteiger partial charge in [0, 0.05) is 0 Å². The molecule has 0 N–H and O–H groups in total. The van der Waals surface area contributed by atoms with Crippen molar-refractivity contribution in [1.82, 2.24) is 4.90 Å². The first-order valence-corrected chi connectivity index (χ1v) is 13.9. The number of hydrogen-bond acceptors (Lipinski definition) is 2. The Labute approximate surface area is 195 Å². The van der Waals surface area contributed by atoms with E-state index in [0.29, 0.717) is 27.0 Å². The minimum atomic E-state index is 0.0611. The Morgan fingerprint density at radius 1 is 1.03 bits per heavy atom. The van der Waals surface area contributed by atoms with Crippen LogP contribution in [-0.2, 0) is 4.74 Å². The molecular formula is C28H37NOSe. The van der Waals surface area contributed by atoms with Crippen molar-refractivity contribution < 1.29 is 4.74 Å². The van der Waals surface area contributed by atoms with E-state index in [1.807, 2.05) is 0 Å². The molecule has 4 rings (SSSR count). The van der Waals surface area contributed by atoms with Crippen LogP contribution in [-0.4, -0.2) is 44.3 Å². The predicted molar refractivity (Wildman–Crippen MR) is 133 cm³/mol. The van der Waals surface area contributed by atoms with Crippen LogP contribution in [0.1, 0.15) is 52.0 Å². The van der Waals surface area contributed by atoms with Gasteiger partial charge in [-0.25, -0.2) is 0 Å². The normalized spacial score (nSPS) is 28.5. The third-order valence-electron chi connectivity index (χ3n) is 7.13. The molecule has 3 heteroatoms. The second kappa shape index (κ2) is 10.5. The molecule has 0 unspecified atom stereocenters. The van der Waals surface area contributed by atoms with E-state index in [9.17, 15) is 0 Å². The van der Waals surface area contributed by atoms with Gasteiger partial charge >= 0.3 is 195 Å². The molecule has 1 saturated heterocycles. The molecule has 0 amide bonds. The van der Waals surface area contributed by atoms with Crippen LogP contribution < -0.4 is 4.46 Å². The van der Waals surface area contributed by atoms with Gasteiger partial charge in [0.05, 0.1) is 0 Å². The van der Waals surface area contributed by atoms with Crippen molar-refractivity contribution in [3.8, 4) is 0 Å². The van der Waals surface area contributed by atoms with Crippen LogP contribution in [0, 0.1) is 11.8 Å². The topological polar surface area (TPSA) is 12.5 Å². The fourth-order valence-electron chi connectivity index (χ4n) is 5.34. The molecule has 0 spiro atoms. The first kappa shape index (κ1) is 22.8. The summed E-state index contributed by atoms with van der Waals surface area (Å²) in [5.41, 5.74) is 1.41. The molecule has 4 atom stereocenters. The molecule has 2 aromatic carbocycles. The van der Waals surface area contributed by atoms with Crippen LogP contribution in [0.3, 0.4) is 0 Å². The first-order valence-electron chi connectivity index (χ1n) is 11.9. The fraction of sp³-hybridized carbons (Fsp3) is 0.500. The zero-order chi connectivity index (χ0) is 21.7. The third kappa shape index (κ3) is 5.71. The van der Waals surface area contributed by atoms with Crippen molar-refractivity contribution in [3.05, 3.63) is 72.3 Å². The molecule has 1 saturated carbocycles. The van der Waals surface area contributed by atoms with Gasteiger partial charge in [0.25, 0.3) is 0 Å². The van der Waals surface area contributed by atoms with Crippen molar-refractivity contribution in [2.24, 2.45) is 11.8 Å². The summed E-state index contributed by atoms with van der Waals surface area (Å²) in [6, 6.07) is 21.6. The van der Waals surface area contributed by atoms with Gasteiger partial charge in [-0.2, -0.15) is 0 Å². The molecule has 31 heavy (non-hydrogen) atoms. The molecule has 2 aliphatic rings. The quantitative estimate of drug-likeness (QED) is 0.367. The molecule has 2 nitrogen and oxygen atoms in total. The second-order valence-electron chi connectivity index (χ2n) is 9.72. The van der Waals surface area contributed by atoms with Gasteiger partial charge in [-0.05, 0) is 0 Å². The predicted octanol–water partition coefficient (Wildman–Crippen LogP) is 5.78. The van der Waals surface area contributed by atoms with Crippen molar-refractivity contribution >= 4 is 25.5 Å². The SMILES string of the molecule is C[C@@H]1CC[C@@H]2[C@@H](C1)O[C@@H](/C=C/c1ccccc1)N(CCC[Se]c1ccccc1)C2(C)C. The van der Waals surface area contributed by atoms with Gasteiger partial charge in [-0.15, -0.1) is 0 Å². The Morgan fingerprint density at radius 3 is 2.48 bits per heavy atom. The van der Waals surface area contributed by atoms with E-state index in [0.717, 1.165) is 12.5 Å². The summed E-state index contributed by atoms with van der Waals surface area (Å²) in [4.78, 5) is 2.66. The molecule has 1 aliphatic carbocycles. The number of nitrogens with zero attached hydrogens (tertiary/aromatic N) is 1. The third-order valence-corrected chi connectivity index (χ3v) is 9.44. The van der Waals surface area contributed by atoms with E-state index in [4.69, 9.17) is 4.74 Å². The van der Waals surface area contributed by atoms with Gasteiger partial charge < -0.3 is 0 Å². The van der Waals surface area contributed by atoms with E-state index < -0.39 is 0 Å². The van der Waals surface area contributed by atoms with Gasteiger partial charge in [-0.3, -0.25) is 0 Å². The van der Waals surface area contributed by atoms with Crippen LogP contribution >= 0.6 is 0 Å². The van der Waals surface area contributed by atoms with Crippen LogP contribution in [0.4, 0.5) is 0 Å². The summed E-state index contributed by atoms with van der Waals surface area (Å²) in [6.07, 6.45) is 10.0. The molecule has 2 aromatic rings. The summed E-state index contributed by atoms with van der Waals surface area (Å²) < 4.78 is 8.30. The van der Waals surface area contributed by atoms with E-state index in [-0.39, 0.29) is 11.8 Å². The Hall–Kier alpha value is -1.38. The van der Waals surface area contributed by atoms with E-state index in [1.165, 1.54) is 41.0 Å². The molecule has 0 bridgehead atoms. The maximum absolute atomic E-state index is 6.79. The zero-order valence-corrected chi connectivity index (χ0v) is 21.0. The average Bonchev–Trinajstić information content (AvgIpc) is 2.77. The number of ether oxygens (including phenoxy) is 1. The number of rotatable bonds is 7. The minimum absolute atomic E-state index is 0.0611. The molecule has 0 aromatic heterocycles. The summed E-state index contributed by atoms with van der Waals surface area (Å²) in [6.45, 7) is 8.42. The zero-order valence-electron chi connectivity index (χ0n) is 19.2. The number of fused-ring (bicyclic) bond motifs is 1. The molecule has 1 heterocycles. The van der Waals surface area contributed by atoms with Crippen molar-refractivity contribution in [3.63, 3.8) is 0 Å². The Kier molecular flexibility index (Phi) is 7.72. The summed E-state index contributed by atoms with van der Waals surface area (Å²) in [5, 5.41) is 1.28. The van der Waals surface area contributed by atoms with Crippen LogP contribution in [0.2, 0.25) is 5.32 Å². The summed E-state index contributed by atoms with van der Waals surface area (Å²) >= 11 is 0.556. The number of hydrogen-bond donors (Lipinski definition) is 0. The van der Waals surface area contributed by atoms with Crippen molar-refractivity contribution in [1.29, 1.82) is 0 Å². The molecule has 0 radical (unpaired) electrons. The number of benzene rings is 2. The van der Waals surface area contributed by atoms with Gasteiger partial charge in [-0.1, -0.05) is 0 Å². The van der Waals surface area contributed by atoms with Crippen LogP contribution in [0.25, 0.3) is 6.08 Å². The van der Waals surface area contributed by atoms with Crippen molar-refractivity contribution in [2.45, 2.75) is 69.6 Å². The van der Waals surface area contributed by atoms with Crippen LogP contribution in [0.5, 0.6) is 0 Å². The molecule has 2 fully saturated rings. The standard InChI is InChI=1S/C28H37NOSe/c1-22-15-17-25-26(21-22)30-27(18-16-23-11-6-4-7-12-23)29(28(25,2)3)19-10-20-31-24-13-8-5-9-14-24/h4-9,11-14,16,18,22,25-27H,10,15,17,19-21H2,1-3H3/b18-16+/t22-,25-,26-,27+/m1/s1. The summed E-state index contributed by atoms with van der Waals surface area (Å²) in [7, 11) is 0. The maximum atomic E-state index is 6.79. The fourth-order valence-corrected chi connectivity index (χ4v) is 7.15. The van der Waals surface area contributed by atoms with Crippen LogP contribution in [0.15, 0.2) is 66.7 Å². The Balaban J connectivity index is 1.47. The first-order chi connectivity index (χ1) is 15.0. The van der Waals surface area contributed by atoms with Gasteiger partial charge in [0.2, 0.25) is 0 Å². The molecular weight excluding hydrogens is 445 g/mol. The summed E-state index contributed by atoms with van der Waals surface area (Å²) in [5.74, 6) is 1.40. The monoisotopic (exact) mass is 483 g/mol. The molecule has 166 valence electrons. The Morgan fingerprint density at radius 2 is 1.74 bits per heavy atom. The van der Waals surface area contributed by atoms with E-state index in [1.54, 1.807) is 0 Å². The van der Waals surface area contributed by atoms with Gasteiger partial charge in [0.15, 0.2) is 0 Å². The van der Waals surface area contributed by atoms with E-state index >= 15 is 0 Å².